The summed E-state index contributed by atoms with van der Waals surface area (Å²) >= 11 is 0. The van der Waals surface area contributed by atoms with Crippen LogP contribution in [-0.2, 0) is 12.8 Å². The van der Waals surface area contributed by atoms with Crippen molar-refractivity contribution in [3.63, 3.8) is 0 Å². The molecule has 0 radical (unpaired) electrons. The summed E-state index contributed by atoms with van der Waals surface area (Å²) in [7, 11) is 0. The highest BCUT2D eigenvalue weighted by atomic mass is 16.5. The number of hydrogen-bond donors (Lipinski definition) is 1. The van der Waals surface area contributed by atoms with Crippen LogP contribution in [0, 0.1) is 0 Å². The molecule has 21 heavy (non-hydrogen) atoms. The fourth-order valence-corrected chi connectivity index (χ4v) is 2.53. The van der Waals surface area contributed by atoms with Gasteiger partial charge in [0.2, 0.25) is 11.7 Å². The second kappa shape index (κ2) is 6.26. The van der Waals surface area contributed by atoms with Gasteiger partial charge in [-0.2, -0.15) is 4.98 Å². The van der Waals surface area contributed by atoms with Gasteiger partial charge in [-0.05, 0) is 31.5 Å². The first-order chi connectivity index (χ1) is 10.3. The predicted octanol–water partition coefficient (Wildman–Crippen LogP) is 2.68. The third-order valence-corrected chi connectivity index (χ3v) is 3.64. The van der Waals surface area contributed by atoms with Crippen LogP contribution >= 0.6 is 0 Å². The van der Waals surface area contributed by atoms with Crippen LogP contribution in [0.15, 0.2) is 28.8 Å². The summed E-state index contributed by atoms with van der Waals surface area (Å²) in [6.45, 7) is 5.28. The number of ether oxygens (including phenoxy) is 1. The molecule has 1 aliphatic heterocycles. The minimum atomic E-state index is -0.126. The topological polar surface area (TPSA) is 60.2 Å². The van der Waals surface area contributed by atoms with E-state index in [1.54, 1.807) is 0 Å². The van der Waals surface area contributed by atoms with Crippen LogP contribution in [0.25, 0.3) is 0 Å². The molecule has 2 aromatic rings. The number of nitrogens with zero attached hydrogens (tertiary/aromatic N) is 2. The van der Waals surface area contributed by atoms with Crippen LogP contribution in [0.4, 0.5) is 0 Å². The molecule has 1 aliphatic rings. The summed E-state index contributed by atoms with van der Waals surface area (Å²) in [5.41, 5.74) is 1.20. The Bertz CT molecular complexity index is 572. The molecule has 0 aliphatic carbocycles. The van der Waals surface area contributed by atoms with E-state index in [4.69, 9.17) is 9.26 Å². The van der Waals surface area contributed by atoms with Crippen molar-refractivity contribution in [2.75, 3.05) is 6.54 Å². The molecule has 0 bridgehead atoms. The third kappa shape index (κ3) is 3.24. The Balaban J connectivity index is 1.61. The number of nitrogens with one attached hydrogen (secondary N) is 1. The van der Waals surface area contributed by atoms with E-state index in [0.29, 0.717) is 17.8 Å². The van der Waals surface area contributed by atoms with Gasteiger partial charge in [-0.3, -0.25) is 0 Å². The summed E-state index contributed by atoms with van der Waals surface area (Å²) in [4.78, 5) is 4.48. The van der Waals surface area contributed by atoms with Gasteiger partial charge in [0.1, 0.15) is 5.75 Å². The van der Waals surface area contributed by atoms with E-state index >= 15 is 0 Å². The third-order valence-electron chi connectivity index (χ3n) is 3.64. The van der Waals surface area contributed by atoms with Gasteiger partial charge in [0, 0.05) is 18.9 Å². The Labute approximate surface area is 124 Å². The van der Waals surface area contributed by atoms with E-state index in [-0.39, 0.29) is 6.10 Å². The van der Waals surface area contributed by atoms with Crippen molar-refractivity contribution >= 4 is 0 Å². The smallest absolute Gasteiger partial charge is 0.228 e. The quantitative estimate of drug-likeness (QED) is 0.885. The largest absolute Gasteiger partial charge is 0.482 e. The van der Waals surface area contributed by atoms with Crippen LogP contribution in [0.2, 0.25) is 0 Å². The first-order valence-corrected chi connectivity index (χ1v) is 7.56. The summed E-state index contributed by atoms with van der Waals surface area (Å²) in [6, 6.07) is 8.39. The highest BCUT2D eigenvalue weighted by molar-refractivity contribution is 5.37. The zero-order valence-electron chi connectivity index (χ0n) is 12.5. The van der Waals surface area contributed by atoms with Crippen molar-refractivity contribution in [2.45, 2.75) is 45.3 Å². The number of rotatable bonds is 6. The number of para-hydroxylation sites is 1. The molecule has 5 nitrogen and oxygen atoms in total. The van der Waals surface area contributed by atoms with Gasteiger partial charge in [0.05, 0.1) is 0 Å². The summed E-state index contributed by atoms with van der Waals surface area (Å²) in [5, 5.41) is 7.49. The predicted molar refractivity (Wildman–Crippen MR) is 79.3 cm³/mol. The lowest BCUT2D eigenvalue weighted by atomic mass is 10.1. The van der Waals surface area contributed by atoms with E-state index in [0.717, 1.165) is 31.6 Å². The van der Waals surface area contributed by atoms with Crippen molar-refractivity contribution < 1.29 is 9.26 Å². The minimum Gasteiger partial charge on any atom is -0.482 e. The van der Waals surface area contributed by atoms with E-state index in [1.165, 1.54) is 5.56 Å². The normalized spacial score (nSPS) is 18.3. The Hall–Kier alpha value is -1.88. The lowest BCUT2D eigenvalue weighted by Gasteiger charge is -2.09. The number of benzene rings is 1. The fourth-order valence-electron chi connectivity index (χ4n) is 2.53. The Morgan fingerprint density at radius 3 is 3.05 bits per heavy atom. The highest BCUT2D eigenvalue weighted by Gasteiger charge is 2.28. The average Bonchev–Trinajstić information content (AvgIpc) is 3.10. The Morgan fingerprint density at radius 2 is 2.24 bits per heavy atom. The average molecular weight is 287 g/mol. The molecule has 112 valence electrons. The van der Waals surface area contributed by atoms with Crippen LogP contribution < -0.4 is 10.1 Å². The molecule has 2 unspecified atom stereocenters. The molecule has 1 N–H and O–H groups in total. The van der Waals surface area contributed by atoms with Crippen molar-refractivity contribution in [1.29, 1.82) is 0 Å². The first kappa shape index (κ1) is 14.1. The molecule has 2 atom stereocenters. The Kier molecular flexibility index (Phi) is 4.20. The molecular weight excluding hydrogens is 266 g/mol. The van der Waals surface area contributed by atoms with Gasteiger partial charge in [-0.15, -0.1) is 0 Å². The minimum absolute atomic E-state index is 0.126. The van der Waals surface area contributed by atoms with Gasteiger partial charge >= 0.3 is 0 Å². The standard InChI is InChI=1S/C16H21N3O2/c1-3-8-17-11(2)9-15-18-16(19-21-15)14-10-12-6-4-5-7-13(12)20-14/h4-7,11,14,17H,3,8-10H2,1-2H3. The molecule has 0 fully saturated rings. The maximum absolute atomic E-state index is 5.88. The molecule has 0 saturated heterocycles. The maximum Gasteiger partial charge on any atom is 0.228 e. The van der Waals surface area contributed by atoms with Crippen LogP contribution in [0.3, 0.4) is 0 Å². The highest BCUT2D eigenvalue weighted by Crippen LogP contribution is 2.35. The monoisotopic (exact) mass is 287 g/mol. The van der Waals surface area contributed by atoms with E-state index in [9.17, 15) is 0 Å². The van der Waals surface area contributed by atoms with Crippen LogP contribution in [0.5, 0.6) is 5.75 Å². The molecular formula is C16H21N3O2. The maximum atomic E-state index is 5.88. The lowest BCUT2D eigenvalue weighted by molar-refractivity contribution is 0.221. The molecule has 0 amide bonds. The zero-order valence-corrected chi connectivity index (χ0v) is 12.5. The van der Waals surface area contributed by atoms with Crippen LogP contribution in [-0.4, -0.2) is 22.7 Å². The number of aromatic nitrogens is 2. The SMILES string of the molecule is CCCNC(C)Cc1nc(C2Cc3ccccc3O2)no1. The number of hydrogen-bond acceptors (Lipinski definition) is 5. The number of fused-ring (bicyclic) bond motifs is 1. The van der Waals surface area contributed by atoms with E-state index in [2.05, 4.69) is 35.4 Å². The lowest BCUT2D eigenvalue weighted by Crippen LogP contribution is -2.28. The van der Waals surface area contributed by atoms with E-state index < -0.39 is 0 Å². The summed E-state index contributed by atoms with van der Waals surface area (Å²) < 4.78 is 11.2. The summed E-state index contributed by atoms with van der Waals surface area (Å²) in [6.07, 6.45) is 2.54. The fraction of sp³-hybridized carbons (Fsp3) is 0.500. The molecule has 3 rings (SSSR count). The van der Waals surface area contributed by atoms with Crippen molar-refractivity contribution in [3.05, 3.63) is 41.5 Å². The first-order valence-electron chi connectivity index (χ1n) is 7.56. The zero-order chi connectivity index (χ0) is 14.7. The van der Waals surface area contributed by atoms with Gasteiger partial charge in [-0.25, -0.2) is 0 Å². The van der Waals surface area contributed by atoms with Gasteiger partial charge in [-0.1, -0.05) is 30.3 Å². The van der Waals surface area contributed by atoms with Crippen molar-refractivity contribution in [2.24, 2.45) is 0 Å². The van der Waals surface area contributed by atoms with Gasteiger partial charge in [0.15, 0.2) is 6.10 Å². The van der Waals surface area contributed by atoms with Gasteiger partial charge in [0.25, 0.3) is 0 Å². The molecule has 0 saturated carbocycles. The molecule has 1 aromatic heterocycles. The molecule has 2 heterocycles. The Morgan fingerprint density at radius 1 is 1.38 bits per heavy atom. The second-order valence-corrected chi connectivity index (χ2v) is 5.52. The second-order valence-electron chi connectivity index (χ2n) is 5.52. The van der Waals surface area contributed by atoms with Crippen molar-refractivity contribution in [1.82, 2.24) is 15.5 Å². The van der Waals surface area contributed by atoms with Crippen molar-refractivity contribution in [3.8, 4) is 5.75 Å². The van der Waals surface area contributed by atoms with Crippen LogP contribution in [0.1, 0.15) is 43.7 Å². The molecule has 1 aromatic carbocycles. The van der Waals surface area contributed by atoms with Gasteiger partial charge < -0.3 is 14.6 Å². The molecule has 0 spiro atoms. The summed E-state index contributed by atoms with van der Waals surface area (Å²) in [5.74, 6) is 2.23. The van der Waals surface area contributed by atoms with E-state index in [1.807, 2.05) is 18.2 Å². The molecule has 5 heteroatoms.